The van der Waals surface area contributed by atoms with Crippen LogP contribution in [0.2, 0.25) is 0 Å². The normalized spacial score (nSPS) is 27.0. The molecule has 0 unspecified atom stereocenters. The van der Waals surface area contributed by atoms with Gasteiger partial charge in [-0.2, -0.15) is 0 Å². The molecule has 0 radical (unpaired) electrons. The van der Waals surface area contributed by atoms with Crippen molar-refractivity contribution in [2.75, 3.05) is 32.1 Å². The molecule has 0 saturated carbocycles. The van der Waals surface area contributed by atoms with Gasteiger partial charge in [0.1, 0.15) is 6.10 Å². The number of carbonyl (C=O) groups excluding carboxylic acids is 1. The van der Waals surface area contributed by atoms with Crippen molar-refractivity contribution < 1.29 is 14.3 Å². The van der Waals surface area contributed by atoms with Gasteiger partial charge >= 0.3 is 0 Å². The molecule has 4 heterocycles. The molecule has 0 bridgehead atoms. The fourth-order valence-electron chi connectivity index (χ4n) is 3.69. The number of hydrogen-bond acceptors (Lipinski definition) is 5. The highest BCUT2D eigenvalue weighted by Gasteiger charge is 2.52. The molecule has 0 aromatic carbocycles. The van der Waals surface area contributed by atoms with E-state index in [9.17, 15) is 4.79 Å². The van der Waals surface area contributed by atoms with Gasteiger partial charge in [0.05, 0.1) is 4.75 Å². The highest BCUT2D eigenvalue weighted by Crippen LogP contribution is 2.46. The third kappa shape index (κ3) is 3.19. The standard InChI is InChI=1S/C17H22N2O3S/c20-16(13-4-7-21-8-5-13)19-11-17(12-19)9-14(10-23-17)22-15-3-1-2-6-18-15/h1-3,6,13-14H,4-5,7-12H2/t14-/m1/s1. The Kier molecular flexibility index (Phi) is 4.20. The highest BCUT2D eigenvalue weighted by atomic mass is 32.2. The number of aromatic nitrogens is 1. The lowest BCUT2D eigenvalue weighted by Gasteiger charge is -2.48. The predicted octanol–water partition coefficient (Wildman–Crippen LogP) is 1.97. The average Bonchev–Trinajstić information content (AvgIpc) is 2.99. The number of thioether (sulfide) groups is 1. The monoisotopic (exact) mass is 334 g/mol. The molecule has 6 heteroatoms. The van der Waals surface area contributed by atoms with Crippen LogP contribution in [0.3, 0.4) is 0 Å². The van der Waals surface area contributed by atoms with Crippen LogP contribution in [-0.4, -0.2) is 58.7 Å². The molecule has 23 heavy (non-hydrogen) atoms. The van der Waals surface area contributed by atoms with Gasteiger partial charge in [0, 0.05) is 56.7 Å². The molecule has 1 aromatic rings. The maximum Gasteiger partial charge on any atom is 0.225 e. The zero-order valence-corrected chi connectivity index (χ0v) is 14.0. The first kappa shape index (κ1) is 15.3. The quantitative estimate of drug-likeness (QED) is 0.846. The number of likely N-dealkylation sites (tertiary alicyclic amines) is 1. The van der Waals surface area contributed by atoms with E-state index in [0.717, 1.165) is 51.3 Å². The Balaban J connectivity index is 1.28. The summed E-state index contributed by atoms with van der Waals surface area (Å²) in [6, 6.07) is 5.73. The topological polar surface area (TPSA) is 51.7 Å². The van der Waals surface area contributed by atoms with Crippen molar-refractivity contribution >= 4 is 17.7 Å². The van der Waals surface area contributed by atoms with Crippen molar-refractivity contribution in [3.05, 3.63) is 24.4 Å². The van der Waals surface area contributed by atoms with E-state index < -0.39 is 0 Å². The van der Waals surface area contributed by atoms with Crippen LogP contribution in [0.1, 0.15) is 19.3 Å². The molecule has 3 aliphatic rings. The van der Waals surface area contributed by atoms with Crippen molar-refractivity contribution in [1.29, 1.82) is 0 Å². The molecule has 0 aliphatic carbocycles. The van der Waals surface area contributed by atoms with Gasteiger partial charge in [-0.3, -0.25) is 4.79 Å². The smallest absolute Gasteiger partial charge is 0.225 e. The molecule has 3 saturated heterocycles. The van der Waals surface area contributed by atoms with E-state index >= 15 is 0 Å². The van der Waals surface area contributed by atoms with E-state index in [-0.39, 0.29) is 16.8 Å². The van der Waals surface area contributed by atoms with Crippen molar-refractivity contribution in [2.24, 2.45) is 5.92 Å². The first-order valence-electron chi connectivity index (χ1n) is 8.32. The Hall–Kier alpha value is -1.27. The van der Waals surface area contributed by atoms with Crippen LogP contribution < -0.4 is 4.74 Å². The number of nitrogens with zero attached hydrogens (tertiary/aromatic N) is 2. The first-order valence-corrected chi connectivity index (χ1v) is 9.31. The van der Waals surface area contributed by atoms with E-state index in [2.05, 4.69) is 4.98 Å². The minimum Gasteiger partial charge on any atom is -0.473 e. The first-order chi connectivity index (χ1) is 11.2. The number of hydrogen-bond donors (Lipinski definition) is 0. The molecular formula is C17H22N2O3S. The summed E-state index contributed by atoms with van der Waals surface area (Å²) in [6.45, 7) is 3.19. The number of carbonyl (C=O) groups is 1. The van der Waals surface area contributed by atoms with Crippen LogP contribution in [0.5, 0.6) is 5.88 Å². The molecule has 1 amide bonds. The summed E-state index contributed by atoms with van der Waals surface area (Å²) in [7, 11) is 0. The molecule has 1 atom stereocenters. The third-order valence-corrected chi connectivity index (χ3v) is 6.52. The fourth-order valence-corrected chi connectivity index (χ4v) is 5.22. The number of ether oxygens (including phenoxy) is 2. The molecular weight excluding hydrogens is 312 g/mol. The molecule has 3 fully saturated rings. The fraction of sp³-hybridized carbons (Fsp3) is 0.647. The molecule has 4 rings (SSSR count). The summed E-state index contributed by atoms with van der Waals surface area (Å²) < 4.78 is 11.5. The maximum absolute atomic E-state index is 12.5. The molecule has 3 aliphatic heterocycles. The van der Waals surface area contributed by atoms with E-state index in [1.807, 2.05) is 34.9 Å². The van der Waals surface area contributed by atoms with E-state index in [4.69, 9.17) is 9.47 Å². The van der Waals surface area contributed by atoms with Gasteiger partial charge in [-0.15, -0.1) is 11.8 Å². The van der Waals surface area contributed by atoms with Crippen molar-refractivity contribution in [3.63, 3.8) is 0 Å². The molecule has 0 N–H and O–H groups in total. The Morgan fingerprint density at radius 2 is 2.17 bits per heavy atom. The Bertz CT molecular complexity index is 556. The lowest BCUT2D eigenvalue weighted by atomic mass is 9.89. The number of rotatable bonds is 3. The van der Waals surface area contributed by atoms with Crippen LogP contribution in [0.4, 0.5) is 0 Å². The van der Waals surface area contributed by atoms with Crippen molar-refractivity contribution in [1.82, 2.24) is 9.88 Å². The predicted molar refractivity (Wildman–Crippen MR) is 88.6 cm³/mol. The van der Waals surface area contributed by atoms with E-state index in [1.54, 1.807) is 6.20 Å². The molecule has 1 aromatic heterocycles. The second kappa shape index (κ2) is 6.32. The zero-order chi connectivity index (χ0) is 15.7. The summed E-state index contributed by atoms with van der Waals surface area (Å²) >= 11 is 1.96. The summed E-state index contributed by atoms with van der Waals surface area (Å²) in [5.74, 6) is 2.18. The maximum atomic E-state index is 12.5. The lowest BCUT2D eigenvalue weighted by molar-refractivity contribution is -0.144. The van der Waals surface area contributed by atoms with Gasteiger partial charge in [-0.05, 0) is 18.9 Å². The Labute approximate surface area is 140 Å². The SMILES string of the molecule is O=C(C1CCOCC1)N1CC2(C[C@@H](Oc3ccccn3)CS2)C1. The zero-order valence-electron chi connectivity index (χ0n) is 13.1. The summed E-state index contributed by atoms with van der Waals surface area (Å²) in [6.07, 6.45) is 4.72. The highest BCUT2D eigenvalue weighted by molar-refractivity contribution is 8.01. The lowest BCUT2D eigenvalue weighted by Crippen LogP contribution is -2.62. The van der Waals surface area contributed by atoms with Crippen LogP contribution in [0, 0.1) is 5.92 Å². The van der Waals surface area contributed by atoms with Crippen LogP contribution in [-0.2, 0) is 9.53 Å². The summed E-state index contributed by atoms with van der Waals surface area (Å²) in [5, 5.41) is 0. The Morgan fingerprint density at radius 1 is 1.35 bits per heavy atom. The van der Waals surface area contributed by atoms with Crippen LogP contribution in [0.15, 0.2) is 24.4 Å². The largest absolute Gasteiger partial charge is 0.473 e. The van der Waals surface area contributed by atoms with Gasteiger partial charge in [0.2, 0.25) is 11.8 Å². The van der Waals surface area contributed by atoms with Gasteiger partial charge in [-0.25, -0.2) is 4.98 Å². The molecule has 1 spiro atoms. The van der Waals surface area contributed by atoms with Crippen LogP contribution in [0.25, 0.3) is 0 Å². The van der Waals surface area contributed by atoms with E-state index in [1.165, 1.54) is 0 Å². The van der Waals surface area contributed by atoms with Crippen LogP contribution >= 0.6 is 11.8 Å². The van der Waals surface area contributed by atoms with Crippen molar-refractivity contribution in [2.45, 2.75) is 30.1 Å². The molecule has 124 valence electrons. The Morgan fingerprint density at radius 3 is 2.91 bits per heavy atom. The van der Waals surface area contributed by atoms with Gasteiger partial charge in [-0.1, -0.05) is 6.07 Å². The second-order valence-corrected chi connectivity index (χ2v) is 8.17. The van der Waals surface area contributed by atoms with Gasteiger partial charge < -0.3 is 14.4 Å². The molecule has 5 nitrogen and oxygen atoms in total. The third-order valence-electron chi connectivity index (χ3n) is 4.94. The minimum atomic E-state index is 0.174. The summed E-state index contributed by atoms with van der Waals surface area (Å²) in [5.41, 5.74) is 0. The number of amides is 1. The van der Waals surface area contributed by atoms with E-state index in [0.29, 0.717) is 11.8 Å². The second-order valence-electron chi connectivity index (χ2n) is 6.69. The average molecular weight is 334 g/mol. The summed E-state index contributed by atoms with van der Waals surface area (Å²) in [4.78, 5) is 18.8. The van der Waals surface area contributed by atoms with Crippen molar-refractivity contribution in [3.8, 4) is 5.88 Å². The van der Waals surface area contributed by atoms with Gasteiger partial charge in [0.15, 0.2) is 0 Å². The minimum absolute atomic E-state index is 0.174. The number of pyridine rings is 1. The van der Waals surface area contributed by atoms with Gasteiger partial charge in [0.25, 0.3) is 0 Å².